The molecule has 2 aromatic carbocycles. The van der Waals surface area contributed by atoms with Crippen LogP contribution in [0.3, 0.4) is 0 Å². The second kappa shape index (κ2) is 9.28. The number of amides is 1. The Bertz CT molecular complexity index is 957. The highest BCUT2D eigenvalue weighted by Crippen LogP contribution is 2.38. The van der Waals surface area contributed by atoms with Gasteiger partial charge in [-0.05, 0) is 31.0 Å². The number of quaternary nitrogens is 1. The van der Waals surface area contributed by atoms with Crippen LogP contribution in [0.5, 0.6) is 5.88 Å². The van der Waals surface area contributed by atoms with Crippen LogP contribution in [0.2, 0.25) is 0 Å². The fraction of sp³-hybridized carbons (Fsp3) is 0.318. The van der Waals surface area contributed by atoms with Gasteiger partial charge < -0.3 is 10.0 Å². The fourth-order valence-corrected chi connectivity index (χ4v) is 3.48. The molecular formula is C22H27N4O2+. The van der Waals surface area contributed by atoms with Crippen molar-refractivity contribution in [3.05, 3.63) is 60.2 Å². The SMILES string of the molecule is CCC[NH+](CCC)Cn1c(O)c(N=NC(=O)c2ccccc2)c2ccccc21. The normalized spacial score (nSPS) is 11.7. The smallest absolute Gasteiger partial charge is 0.295 e. The number of fused-ring (bicyclic) bond motifs is 1. The Morgan fingerprint density at radius 3 is 2.32 bits per heavy atom. The van der Waals surface area contributed by atoms with Crippen LogP contribution < -0.4 is 4.90 Å². The molecule has 3 rings (SSSR count). The lowest BCUT2D eigenvalue weighted by molar-refractivity contribution is -0.922. The number of azo groups is 1. The third kappa shape index (κ3) is 4.28. The van der Waals surface area contributed by atoms with Gasteiger partial charge in [0.25, 0.3) is 5.91 Å². The van der Waals surface area contributed by atoms with Gasteiger partial charge in [-0.25, -0.2) is 0 Å². The Morgan fingerprint density at radius 1 is 1.00 bits per heavy atom. The van der Waals surface area contributed by atoms with Gasteiger partial charge in [0.2, 0.25) is 5.88 Å². The van der Waals surface area contributed by atoms with E-state index in [1.54, 1.807) is 24.3 Å². The first-order valence-electron chi connectivity index (χ1n) is 9.80. The minimum Gasteiger partial charge on any atom is -0.493 e. The van der Waals surface area contributed by atoms with E-state index in [4.69, 9.17) is 0 Å². The predicted molar refractivity (Wildman–Crippen MR) is 110 cm³/mol. The Morgan fingerprint density at radius 2 is 1.64 bits per heavy atom. The van der Waals surface area contributed by atoms with Crippen LogP contribution in [-0.4, -0.2) is 28.7 Å². The topological polar surface area (TPSA) is 71.4 Å². The van der Waals surface area contributed by atoms with E-state index in [-0.39, 0.29) is 5.88 Å². The van der Waals surface area contributed by atoms with Crippen molar-refractivity contribution in [2.75, 3.05) is 13.1 Å². The number of carbonyl (C=O) groups excluding carboxylic acids is 1. The highest BCUT2D eigenvalue weighted by atomic mass is 16.3. The molecule has 3 aromatic rings. The molecule has 0 atom stereocenters. The van der Waals surface area contributed by atoms with Gasteiger partial charge in [0.15, 0.2) is 12.4 Å². The number of aromatic nitrogens is 1. The monoisotopic (exact) mass is 379 g/mol. The van der Waals surface area contributed by atoms with Gasteiger partial charge >= 0.3 is 0 Å². The lowest BCUT2D eigenvalue weighted by Gasteiger charge is -2.19. The predicted octanol–water partition coefficient (Wildman–Crippen LogP) is 3.93. The molecule has 0 spiro atoms. The van der Waals surface area contributed by atoms with E-state index in [0.717, 1.165) is 36.8 Å². The van der Waals surface area contributed by atoms with Crippen LogP contribution in [0, 0.1) is 0 Å². The summed E-state index contributed by atoms with van der Waals surface area (Å²) in [5.74, 6) is -0.378. The Labute approximate surface area is 165 Å². The van der Waals surface area contributed by atoms with Gasteiger partial charge in [-0.15, -0.1) is 10.2 Å². The molecule has 6 nitrogen and oxygen atoms in total. The second-order valence-corrected chi connectivity index (χ2v) is 6.90. The number of nitrogens with one attached hydrogen (secondary N) is 1. The number of aromatic hydroxyl groups is 1. The van der Waals surface area contributed by atoms with E-state index in [9.17, 15) is 9.90 Å². The number of para-hydroxylation sites is 1. The zero-order chi connectivity index (χ0) is 19.9. The number of hydrogen-bond donors (Lipinski definition) is 2. The molecule has 0 unspecified atom stereocenters. The van der Waals surface area contributed by atoms with Crippen LogP contribution in [0.1, 0.15) is 37.0 Å². The molecule has 0 radical (unpaired) electrons. The van der Waals surface area contributed by atoms with Gasteiger partial charge in [-0.3, -0.25) is 9.36 Å². The van der Waals surface area contributed by atoms with Gasteiger partial charge in [0.1, 0.15) is 0 Å². The van der Waals surface area contributed by atoms with Crippen LogP contribution in [0.25, 0.3) is 10.9 Å². The second-order valence-electron chi connectivity index (χ2n) is 6.90. The molecule has 1 aromatic heterocycles. The number of nitrogens with zero attached hydrogens (tertiary/aromatic N) is 3. The van der Waals surface area contributed by atoms with Gasteiger partial charge in [-0.1, -0.05) is 50.2 Å². The van der Waals surface area contributed by atoms with Crippen molar-refractivity contribution in [1.29, 1.82) is 0 Å². The summed E-state index contributed by atoms with van der Waals surface area (Å²) in [5.41, 5.74) is 1.70. The molecular weight excluding hydrogens is 352 g/mol. The number of hydrogen-bond acceptors (Lipinski definition) is 3. The molecule has 2 N–H and O–H groups in total. The Hall–Kier alpha value is -2.99. The maximum absolute atomic E-state index is 12.3. The molecule has 0 saturated heterocycles. The first-order valence-corrected chi connectivity index (χ1v) is 9.80. The van der Waals surface area contributed by atoms with E-state index in [1.807, 2.05) is 34.9 Å². The first kappa shape index (κ1) is 19.8. The third-order valence-electron chi connectivity index (χ3n) is 4.77. The van der Waals surface area contributed by atoms with Crippen LogP contribution in [0.4, 0.5) is 5.69 Å². The lowest BCUT2D eigenvalue weighted by atomic mass is 10.2. The summed E-state index contributed by atoms with van der Waals surface area (Å²) in [4.78, 5) is 13.7. The minimum atomic E-state index is -0.430. The van der Waals surface area contributed by atoms with Crippen molar-refractivity contribution >= 4 is 22.5 Å². The van der Waals surface area contributed by atoms with Crippen LogP contribution >= 0.6 is 0 Å². The average molecular weight is 379 g/mol. The molecule has 146 valence electrons. The van der Waals surface area contributed by atoms with E-state index < -0.39 is 5.91 Å². The molecule has 0 aliphatic heterocycles. The van der Waals surface area contributed by atoms with E-state index in [2.05, 4.69) is 24.1 Å². The molecule has 0 saturated carbocycles. The number of rotatable bonds is 8. The van der Waals surface area contributed by atoms with Crippen molar-refractivity contribution in [3.8, 4) is 5.88 Å². The fourth-order valence-electron chi connectivity index (χ4n) is 3.48. The maximum Gasteiger partial charge on any atom is 0.295 e. The zero-order valence-corrected chi connectivity index (χ0v) is 16.4. The van der Waals surface area contributed by atoms with Crippen LogP contribution in [-0.2, 0) is 6.67 Å². The summed E-state index contributed by atoms with van der Waals surface area (Å²) >= 11 is 0. The minimum absolute atomic E-state index is 0.0514. The number of carbonyl (C=O) groups is 1. The van der Waals surface area contributed by atoms with E-state index >= 15 is 0 Å². The first-order chi connectivity index (χ1) is 13.7. The van der Waals surface area contributed by atoms with Crippen LogP contribution in [0.15, 0.2) is 64.8 Å². The molecule has 6 heteroatoms. The van der Waals surface area contributed by atoms with Gasteiger partial charge in [0, 0.05) is 10.9 Å². The summed E-state index contributed by atoms with van der Waals surface area (Å²) in [5, 5.41) is 19.6. The number of benzene rings is 2. The molecule has 1 heterocycles. The molecule has 0 aliphatic rings. The quantitative estimate of drug-likeness (QED) is 0.582. The standard InChI is InChI=1S/C22H26N4O2/c1-3-14-25(15-4-2)16-26-19-13-9-8-12-18(19)20(22(26)28)23-24-21(27)17-10-6-5-7-11-17/h5-13,28H,3-4,14-16H2,1-2H3/p+1. The average Bonchev–Trinajstić information content (AvgIpc) is 2.98. The summed E-state index contributed by atoms with van der Waals surface area (Å²) in [6.45, 7) is 7.04. The van der Waals surface area contributed by atoms with Crippen molar-refractivity contribution in [2.45, 2.75) is 33.4 Å². The van der Waals surface area contributed by atoms with Crippen molar-refractivity contribution < 1.29 is 14.8 Å². The zero-order valence-electron chi connectivity index (χ0n) is 16.4. The van der Waals surface area contributed by atoms with Gasteiger partial charge in [0.05, 0.1) is 18.6 Å². The van der Waals surface area contributed by atoms with E-state index in [0.29, 0.717) is 17.9 Å². The lowest BCUT2D eigenvalue weighted by Crippen LogP contribution is -3.11. The Kier molecular flexibility index (Phi) is 6.55. The Balaban J connectivity index is 1.96. The summed E-state index contributed by atoms with van der Waals surface area (Å²) < 4.78 is 1.87. The van der Waals surface area contributed by atoms with Crippen molar-refractivity contribution in [2.24, 2.45) is 10.2 Å². The molecule has 28 heavy (non-hydrogen) atoms. The molecule has 0 fully saturated rings. The summed E-state index contributed by atoms with van der Waals surface area (Å²) in [6.07, 6.45) is 2.15. The highest BCUT2D eigenvalue weighted by Gasteiger charge is 2.20. The maximum atomic E-state index is 12.3. The third-order valence-corrected chi connectivity index (χ3v) is 4.77. The van der Waals surface area contributed by atoms with E-state index in [1.165, 1.54) is 4.90 Å². The highest BCUT2D eigenvalue weighted by molar-refractivity contribution is 5.97. The largest absolute Gasteiger partial charge is 0.493 e. The molecule has 0 bridgehead atoms. The summed E-state index contributed by atoms with van der Waals surface area (Å²) in [7, 11) is 0. The molecule has 0 aliphatic carbocycles. The molecule has 1 amide bonds. The van der Waals surface area contributed by atoms with Crippen molar-refractivity contribution in [3.63, 3.8) is 0 Å². The summed E-state index contributed by atoms with van der Waals surface area (Å²) in [6, 6.07) is 16.5. The van der Waals surface area contributed by atoms with Gasteiger partial charge in [-0.2, -0.15) is 0 Å². The van der Waals surface area contributed by atoms with Crippen molar-refractivity contribution in [1.82, 2.24) is 4.57 Å².